The molecular formula is C22H25ClN2O4. The molecule has 0 unspecified atom stereocenters. The van der Waals surface area contributed by atoms with Crippen LogP contribution in [0.5, 0.6) is 11.5 Å². The van der Waals surface area contributed by atoms with E-state index in [1.165, 1.54) is 0 Å². The molecule has 1 atom stereocenters. The van der Waals surface area contributed by atoms with Crippen molar-refractivity contribution >= 4 is 29.1 Å². The lowest BCUT2D eigenvalue weighted by Gasteiger charge is -2.33. The van der Waals surface area contributed by atoms with Gasteiger partial charge < -0.3 is 19.7 Å². The van der Waals surface area contributed by atoms with Crippen LogP contribution in [0.3, 0.4) is 0 Å². The molecule has 0 aromatic heterocycles. The monoisotopic (exact) mass is 416 g/mol. The average Bonchev–Trinajstić information content (AvgIpc) is 2.71. The number of hydrogen-bond acceptors (Lipinski definition) is 4. The Morgan fingerprint density at radius 3 is 2.69 bits per heavy atom. The van der Waals surface area contributed by atoms with Crippen LogP contribution in [0.1, 0.15) is 32.3 Å². The summed E-state index contributed by atoms with van der Waals surface area (Å²) in [6, 6.07) is 12.8. The van der Waals surface area contributed by atoms with Crippen molar-refractivity contribution in [3.63, 3.8) is 0 Å². The minimum Gasteiger partial charge on any atom is -0.494 e. The van der Waals surface area contributed by atoms with Crippen molar-refractivity contribution in [2.24, 2.45) is 0 Å². The molecule has 154 valence electrons. The van der Waals surface area contributed by atoms with Crippen LogP contribution in [0.15, 0.2) is 42.5 Å². The average molecular weight is 417 g/mol. The number of carbonyl (C=O) groups is 2. The Morgan fingerprint density at radius 1 is 1.21 bits per heavy atom. The highest BCUT2D eigenvalue weighted by molar-refractivity contribution is 6.31. The number of hydrogen-bond donors (Lipinski definition) is 1. The molecular weight excluding hydrogens is 392 g/mol. The molecule has 2 aromatic rings. The van der Waals surface area contributed by atoms with Crippen LogP contribution in [0.2, 0.25) is 5.02 Å². The maximum absolute atomic E-state index is 12.7. The van der Waals surface area contributed by atoms with Gasteiger partial charge in [-0.15, -0.1) is 0 Å². The van der Waals surface area contributed by atoms with Gasteiger partial charge in [-0.2, -0.15) is 0 Å². The second-order valence-corrected chi connectivity index (χ2v) is 7.33. The molecule has 0 fully saturated rings. The normalized spacial score (nSPS) is 15.3. The van der Waals surface area contributed by atoms with Crippen molar-refractivity contribution in [1.29, 1.82) is 0 Å². The third kappa shape index (κ3) is 5.64. The van der Waals surface area contributed by atoms with Gasteiger partial charge in [0, 0.05) is 24.4 Å². The Morgan fingerprint density at radius 2 is 1.97 bits per heavy atom. The maximum Gasteiger partial charge on any atom is 0.227 e. The van der Waals surface area contributed by atoms with Gasteiger partial charge >= 0.3 is 0 Å². The Balaban J connectivity index is 1.51. The fourth-order valence-corrected chi connectivity index (χ4v) is 3.33. The highest BCUT2D eigenvalue weighted by Crippen LogP contribution is 2.36. The maximum atomic E-state index is 12.7. The zero-order valence-corrected chi connectivity index (χ0v) is 17.4. The minimum absolute atomic E-state index is 0.119. The first-order chi connectivity index (χ1) is 14.0. The number of nitrogens with zero attached hydrogens (tertiary/aromatic N) is 1. The Labute approximate surface area is 175 Å². The van der Waals surface area contributed by atoms with E-state index in [-0.39, 0.29) is 30.8 Å². The molecule has 2 aromatic carbocycles. The van der Waals surface area contributed by atoms with Crippen LogP contribution in [-0.4, -0.2) is 31.1 Å². The van der Waals surface area contributed by atoms with Crippen molar-refractivity contribution in [3.05, 3.63) is 53.1 Å². The molecule has 29 heavy (non-hydrogen) atoms. The largest absolute Gasteiger partial charge is 0.494 e. The van der Waals surface area contributed by atoms with E-state index in [2.05, 4.69) is 5.32 Å². The van der Waals surface area contributed by atoms with E-state index in [1.807, 2.05) is 38.1 Å². The Hall–Kier alpha value is -2.73. The van der Waals surface area contributed by atoms with Crippen LogP contribution in [0.25, 0.3) is 0 Å². The summed E-state index contributed by atoms with van der Waals surface area (Å²) < 4.78 is 11.2. The van der Waals surface area contributed by atoms with Crippen LogP contribution in [0.4, 0.5) is 5.69 Å². The summed E-state index contributed by atoms with van der Waals surface area (Å²) in [5, 5.41) is 3.38. The van der Waals surface area contributed by atoms with E-state index in [4.69, 9.17) is 21.1 Å². The summed E-state index contributed by atoms with van der Waals surface area (Å²) in [4.78, 5) is 26.6. The number of amides is 2. The van der Waals surface area contributed by atoms with Crippen molar-refractivity contribution in [2.75, 3.05) is 18.1 Å². The molecule has 1 aliphatic heterocycles. The van der Waals surface area contributed by atoms with Crippen molar-refractivity contribution in [3.8, 4) is 11.5 Å². The van der Waals surface area contributed by atoms with Crippen molar-refractivity contribution in [1.82, 2.24) is 5.32 Å². The second kappa shape index (κ2) is 9.65. The fourth-order valence-electron chi connectivity index (χ4n) is 3.16. The number of halogens is 1. The van der Waals surface area contributed by atoms with Crippen LogP contribution >= 0.6 is 11.6 Å². The molecule has 1 aliphatic rings. The summed E-state index contributed by atoms with van der Waals surface area (Å²) >= 11 is 6.07. The van der Waals surface area contributed by atoms with Gasteiger partial charge in [0.25, 0.3) is 0 Å². The zero-order valence-electron chi connectivity index (χ0n) is 16.6. The second-order valence-electron chi connectivity index (χ2n) is 6.90. The molecule has 2 amide bonds. The minimum atomic E-state index is -0.167. The lowest BCUT2D eigenvalue weighted by Crippen LogP contribution is -2.42. The lowest BCUT2D eigenvalue weighted by atomic mass is 10.1. The van der Waals surface area contributed by atoms with E-state index in [0.29, 0.717) is 36.2 Å². The summed E-state index contributed by atoms with van der Waals surface area (Å²) in [6.45, 7) is 5.29. The summed E-state index contributed by atoms with van der Waals surface area (Å²) in [6.07, 6.45) is 0.117. The quantitative estimate of drug-likeness (QED) is 0.742. The van der Waals surface area contributed by atoms with Gasteiger partial charge in [-0.05, 0) is 49.7 Å². The molecule has 0 saturated carbocycles. The molecule has 1 heterocycles. The first-order valence-electron chi connectivity index (χ1n) is 9.71. The van der Waals surface area contributed by atoms with Gasteiger partial charge in [-0.1, -0.05) is 23.7 Å². The first-order valence-corrected chi connectivity index (χ1v) is 10.1. The number of anilines is 1. The number of carbonyl (C=O) groups excluding carboxylic acids is 2. The standard InChI is InChI=1S/C22H25ClN2O4/c1-3-28-18-7-4-16(5-8-18)13-24-21(26)10-11-22(27)25-14-15(2)29-20-9-6-17(23)12-19(20)25/h4-9,12,15H,3,10-11,13-14H2,1-2H3,(H,24,26)/t15-/m0/s1. The predicted molar refractivity (Wildman–Crippen MR) is 113 cm³/mol. The van der Waals surface area contributed by atoms with E-state index >= 15 is 0 Å². The van der Waals surface area contributed by atoms with Crippen LogP contribution in [0, 0.1) is 0 Å². The Bertz CT molecular complexity index is 870. The SMILES string of the molecule is CCOc1ccc(CNC(=O)CCC(=O)N2C[C@H](C)Oc3ccc(Cl)cc32)cc1. The van der Waals surface area contributed by atoms with Gasteiger partial charge in [-0.3, -0.25) is 9.59 Å². The Kier molecular flexibility index (Phi) is 6.99. The molecule has 6 nitrogen and oxygen atoms in total. The topological polar surface area (TPSA) is 67.9 Å². The number of benzene rings is 2. The van der Waals surface area contributed by atoms with Gasteiger partial charge in [0.05, 0.1) is 18.8 Å². The van der Waals surface area contributed by atoms with E-state index < -0.39 is 0 Å². The number of rotatable bonds is 7. The van der Waals surface area contributed by atoms with Gasteiger partial charge in [0.1, 0.15) is 17.6 Å². The third-order valence-electron chi connectivity index (χ3n) is 4.57. The van der Waals surface area contributed by atoms with Gasteiger partial charge in [0.15, 0.2) is 0 Å². The molecule has 7 heteroatoms. The van der Waals surface area contributed by atoms with E-state index in [1.54, 1.807) is 23.1 Å². The van der Waals surface area contributed by atoms with E-state index in [0.717, 1.165) is 11.3 Å². The highest BCUT2D eigenvalue weighted by atomic mass is 35.5. The van der Waals surface area contributed by atoms with Crippen molar-refractivity contribution < 1.29 is 19.1 Å². The first kappa shape index (κ1) is 21.0. The summed E-state index contributed by atoms with van der Waals surface area (Å²) in [5.41, 5.74) is 1.62. The fraction of sp³-hybridized carbons (Fsp3) is 0.364. The van der Waals surface area contributed by atoms with E-state index in [9.17, 15) is 9.59 Å². The lowest BCUT2D eigenvalue weighted by molar-refractivity contribution is -0.125. The van der Waals surface area contributed by atoms with Crippen LogP contribution < -0.4 is 19.7 Å². The van der Waals surface area contributed by atoms with Crippen molar-refractivity contribution in [2.45, 2.75) is 39.3 Å². The summed E-state index contributed by atoms with van der Waals surface area (Å²) in [7, 11) is 0. The zero-order chi connectivity index (χ0) is 20.8. The number of fused-ring (bicyclic) bond motifs is 1. The smallest absolute Gasteiger partial charge is 0.227 e. The molecule has 0 aliphatic carbocycles. The molecule has 0 spiro atoms. The van der Waals surface area contributed by atoms with Gasteiger partial charge in [-0.25, -0.2) is 0 Å². The summed E-state index contributed by atoms with van der Waals surface area (Å²) in [5.74, 6) is 1.13. The molecule has 0 radical (unpaired) electrons. The molecule has 0 saturated heterocycles. The third-order valence-corrected chi connectivity index (χ3v) is 4.81. The number of ether oxygens (including phenoxy) is 2. The molecule has 3 rings (SSSR count). The number of nitrogens with one attached hydrogen (secondary N) is 1. The molecule has 1 N–H and O–H groups in total. The van der Waals surface area contributed by atoms with Crippen LogP contribution in [-0.2, 0) is 16.1 Å². The van der Waals surface area contributed by atoms with Gasteiger partial charge in [0.2, 0.25) is 11.8 Å². The highest BCUT2D eigenvalue weighted by Gasteiger charge is 2.27. The molecule has 0 bridgehead atoms. The predicted octanol–water partition coefficient (Wildman–Crippen LogP) is 3.95.